The number of rotatable bonds is 5. The summed E-state index contributed by atoms with van der Waals surface area (Å²) in [6.07, 6.45) is 0. The van der Waals surface area contributed by atoms with Gasteiger partial charge in [0.15, 0.2) is 17.3 Å². The highest BCUT2D eigenvalue weighted by Gasteiger charge is 2.18. The molecule has 0 spiro atoms. The SMILES string of the molecule is COc1cc(F)c(NC(=O)c2ccc([N+](=O)[O-])cc2Cl)cc1OC. The lowest BCUT2D eigenvalue weighted by atomic mass is 10.2. The van der Waals surface area contributed by atoms with E-state index in [0.29, 0.717) is 0 Å². The van der Waals surface area contributed by atoms with E-state index in [2.05, 4.69) is 5.32 Å². The number of benzene rings is 2. The molecule has 0 atom stereocenters. The number of methoxy groups -OCH3 is 2. The van der Waals surface area contributed by atoms with Crippen molar-refractivity contribution in [3.05, 3.63) is 56.8 Å². The van der Waals surface area contributed by atoms with Crippen LogP contribution in [0.2, 0.25) is 5.02 Å². The molecule has 9 heteroatoms. The smallest absolute Gasteiger partial charge is 0.270 e. The Morgan fingerprint density at radius 2 is 1.83 bits per heavy atom. The van der Waals surface area contributed by atoms with Gasteiger partial charge >= 0.3 is 0 Å². The minimum absolute atomic E-state index is 0.0311. The number of nitro groups is 1. The summed E-state index contributed by atoms with van der Waals surface area (Å²) in [7, 11) is 2.72. The molecule has 1 amide bonds. The molecule has 0 fully saturated rings. The van der Waals surface area contributed by atoms with E-state index >= 15 is 0 Å². The summed E-state index contributed by atoms with van der Waals surface area (Å²) in [6, 6.07) is 5.68. The average molecular weight is 355 g/mol. The molecule has 0 aliphatic carbocycles. The van der Waals surface area contributed by atoms with Crippen LogP contribution in [-0.4, -0.2) is 25.1 Å². The minimum atomic E-state index is -0.737. The van der Waals surface area contributed by atoms with Crippen LogP contribution in [0.25, 0.3) is 0 Å². The van der Waals surface area contributed by atoms with Gasteiger partial charge in [0.1, 0.15) is 0 Å². The van der Waals surface area contributed by atoms with Crippen molar-refractivity contribution in [2.75, 3.05) is 19.5 Å². The Bertz CT molecular complexity index is 813. The van der Waals surface area contributed by atoms with Gasteiger partial charge in [-0.15, -0.1) is 0 Å². The molecule has 0 aliphatic rings. The first kappa shape index (κ1) is 17.5. The van der Waals surface area contributed by atoms with Crippen LogP contribution < -0.4 is 14.8 Å². The maximum absolute atomic E-state index is 14.0. The number of nitrogens with one attached hydrogen (secondary N) is 1. The van der Waals surface area contributed by atoms with Crippen LogP contribution in [0.3, 0.4) is 0 Å². The first-order valence-electron chi connectivity index (χ1n) is 6.54. The van der Waals surface area contributed by atoms with E-state index in [1.54, 1.807) is 0 Å². The van der Waals surface area contributed by atoms with Crippen LogP contribution in [0.1, 0.15) is 10.4 Å². The monoisotopic (exact) mass is 354 g/mol. The molecule has 7 nitrogen and oxygen atoms in total. The molecule has 126 valence electrons. The number of non-ortho nitro benzene ring substituents is 1. The molecule has 0 bridgehead atoms. The Morgan fingerprint density at radius 3 is 2.38 bits per heavy atom. The first-order chi connectivity index (χ1) is 11.4. The van der Waals surface area contributed by atoms with Gasteiger partial charge in [-0.3, -0.25) is 14.9 Å². The summed E-state index contributed by atoms with van der Waals surface area (Å²) in [4.78, 5) is 22.3. The number of nitrogens with zero attached hydrogens (tertiary/aromatic N) is 1. The van der Waals surface area contributed by atoms with E-state index in [1.165, 1.54) is 26.4 Å². The fourth-order valence-electron chi connectivity index (χ4n) is 1.94. The molecule has 0 aromatic heterocycles. The Kier molecular flexibility index (Phi) is 5.20. The largest absolute Gasteiger partial charge is 0.493 e. The number of hydrogen-bond donors (Lipinski definition) is 1. The van der Waals surface area contributed by atoms with Crippen LogP contribution in [-0.2, 0) is 0 Å². The molecule has 0 radical (unpaired) electrons. The molecule has 2 aromatic carbocycles. The van der Waals surface area contributed by atoms with Crippen molar-refractivity contribution in [3.63, 3.8) is 0 Å². The van der Waals surface area contributed by atoms with Crippen molar-refractivity contribution >= 4 is 28.9 Å². The zero-order valence-corrected chi connectivity index (χ0v) is 13.4. The van der Waals surface area contributed by atoms with E-state index < -0.39 is 16.6 Å². The Hall–Kier alpha value is -2.87. The van der Waals surface area contributed by atoms with E-state index in [0.717, 1.165) is 18.2 Å². The molecule has 0 aliphatic heterocycles. The van der Waals surface area contributed by atoms with Crippen molar-refractivity contribution in [1.82, 2.24) is 0 Å². The highest BCUT2D eigenvalue weighted by Crippen LogP contribution is 2.33. The summed E-state index contributed by atoms with van der Waals surface area (Å²) in [5, 5.41) is 12.9. The van der Waals surface area contributed by atoms with Gasteiger partial charge in [-0.2, -0.15) is 0 Å². The van der Waals surface area contributed by atoms with Gasteiger partial charge in [0.05, 0.1) is 35.4 Å². The lowest BCUT2D eigenvalue weighted by Crippen LogP contribution is -2.14. The van der Waals surface area contributed by atoms with Gasteiger partial charge in [0.2, 0.25) is 0 Å². The Labute approximate surface area is 141 Å². The summed E-state index contributed by atoms with van der Waals surface area (Å²) < 4.78 is 24.0. The summed E-state index contributed by atoms with van der Waals surface area (Å²) in [5.41, 5.74) is -0.433. The molecule has 2 rings (SSSR count). The van der Waals surface area contributed by atoms with Gasteiger partial charge < -0.3 is 14.8 Å². The molecule has 2 aromatic rings. The lowest BCUT2D eigenvalue weighted by molar-refractivity contribution is -0.384. The molecule has 0 unspecified atom stereocenters. The topological polar surface area (TPSA) is 90.7 Å². The van der Waals surface area contributed by atoms with Gasteiger partial charge in [-0.05, 0) is 6.07 Å². The number of ether oxygens (including phenoxy) is 2. The number of carbonyl (C=O) groups excluding carboxylic acids is 1. The van der Waals surface area contributed by atoms with Crippen molar-refractivity contribution in [3.8, 4) is 11.5 Å². The average Bonchev–Trinajstić information content (AvgIpc) is 2.55. The fourth-order valence-corrected chi connectivity index (χ4v) is 2.20. The number of hydrogen-bond acceptors (Lipinski definition) is 5. The standard InChI is InChI=1S/C15H12ClFN2O5/c1-23-13-6-11(17)12(7-14(13)24-2)18-15(20)9-4-3-8(19(21)22)5-10(9)16/h3-7H,1-2H3,(H,18,20). The van der Waals surface area contributed by atoms with Gasteiger partial charge in [-0.25, -0.2) is 4.39 Å². The van der Waals surface area contributed by atoms with Crippen molar-refractivity contribution in [1.29, 1.82) is 0 Å². The van der Waals surface area contributed by atoms with E-state index in [-0.39, 0.29) is 33.5 Å². The molecule has 0 saturated heterocycles. The number of carbonyl (C=O) groups is 1. The highest BCUT2D eigenvalue weighted by atomic mass is 35.5. The third-order valence-corrected chi connectivity index (χ3v) is 3.44. The molecule has 1 N–H and O–H groups in total. The third-order valence-electron chi connectivity index (χ3n) is 3.13. The highest BCUT2D eigenvalue weighted by molar-refractivity contribution is 6.34. The fraction of sp³-hybridized carbons (Fsp3) is 0.133. The van der Waals surface area contributed by atoms with E-state index in [4.69, 9.17) is 21.1 Å². The predicted molar refractivity (Wildman–Crippen MR) is 85.6 cm³/mol. The van der Waals surface area contributed by atoms with Crippen molar-refractivity contribution in [2.45, 2.75) is 0 Å². The van der Waals surface area contributed by atoms with E-state index in [9.17, 15) is 19.3 Å². The van der Waals surface area contributed by atoms with Crippen molar-refractivity contribution in [2.24, 2.45) is 0 Å². The van der Waals surface area contributed by atoms with Crippen LogP contribution in [0.5, 0.6) is 11.5 Å². The molecule has 0 saturated carbocycles. The quantitative estimate of drug-likeness (QED) is 0.653. The predicted octanol–water partition coefficient (Wildman–Crippen LogP) is 3.66. The van der Waals surface area contributed by atoms with Gasteiger partial charge in [0, 0.05) is 24.3 Å². The van der Waals surface area contributed by atoms with Crippen LogP contribution >= 0.6 is 11.6 Å². The summed E-state index contributed by atoms with van der Waals surface area (Å²) in [6.45, 7) is 0. The maximum atomic E-state index is 14.0. The summed E-state index contributed by atoms with van der Waals surface area (Å²) >= 11 is 5.88. The zero-order valence-electron chi connectivity index (χ0n) is 12.6. The number of amides is 1. The minimum Gasteiger partial charge on any atom is -0.493 e. The normalized spacial score (nSPS) is 10.2. The van der Waals surface area contributed by atoms with E-state index in [1.807, 2.05) is 0 Å². The van der Waals surface area contributed by atoms with Crippen LogP contribution in [0.15, 0.2) is 30.3 Å². The number of anilines is 1. The van der Waals surface area contributed by atoms with Crippen LogP contribution in [0, 0.1) is 15.9 Å². The summed E-state index contributed by atoms with van der Waals surface area (Å²) in [5.74, 6) is -1.06. The maximum Gasteiger partial charge on any atom is 0.270 e. The van der Waals surface area contributed by atoms with Crippen molar-refractivity contribution < 1.29 is 23.6 Å². The Balaban J connectivity index is 2.31. The van der Waals surface area contributed by atoms with Gasteiger partial charge in [0.25, 0.3) is 11.6 Å². The lowest BCUT2D eigenvalue weighted by Gasteiger charge is -2.12. The van der Waals surface area contributed by atoms with Crippen LogP contribution in [0.4, 0.5) is 15.8 Å². The molecular weight excluding hydrogens is 343 g/mol. The molecule has 0 heterocycles. The number of nitro benzene ring substituents is 1. The first-order valence-corrected chi connectivity index (χ1v) is 6.92. The molecular formula is C15H12ClFN2O5. The van der Waals surface area contributed by atoms with Gasteiger partial charge in [-0.1, -0.05) is 11.6 Å². The second-order valence-electron chi connectivity index (χ2n) is 4.56. The second kappa shape index (κ2) is 7.14. The Morgan fingerprint density at radius 1 is 1.21 bits per heavy atom. The third kappa shape index (κ3) is 3.54. The molecule has 24 heavy (non-hydrogen) atoms. The second-order valence-corrected chi connectivity index (χ2v) is 4.97. The number of halogens is 2. The zero-order chi connectivity index (χ0) is 17.9.